The standard InChI is InChI=1S/C28H35F3N4O4/c1-27(2,3)24-23(17-34(24)26(37)38)25(36)35(39)16-18-4-6-20(7-5-18)32-21-8-10-22(11-9-21)33-14-12-19(13-15-33)28(29,30)31/h4-11,19,23-24,32,39H,12-17H2,1-3H3,(H,37,38). The van der Waals surface area contributed by atoms with E-state index in [1.165, 1.54) is 4.90 Å². The predicted octanol–water partition coefficient (Wildman–Crippen LogP) is 5.95. The molecule has 0 aromatic heterocycles. The summed E-state index contributed by atoms with van der Waals surface area (Å²) in [5, 5.41) is 23.7. The van der Waals surface area contributed by atoms with Crippen LogP contribution in [0.25, 0.3) is 0 Å². The van der Waals surface area contributed by atoms with E-state index in [9.17, 15) is 33.1 Å². The Balaban J connectivity index is 1.29. The molecule has 212 valence electrons. The van der Waals surface area contributed by atoms with E-state index in [0.717, 1.165) is 17.1 Å². The second kappa shape index (κ2) is 11.0. The lowest BCUT2D eigenvalue weighted by atomic mass is 9.72. The van der Waals surface area contributed by atoms with E-state index in [2.05, 4.69) is 5.32 Å². The number of amides is 2. The van der Waals surface area contributed by atoms with E-state index >= 15 is 0 Å². The SMILES string of the molecule is CC(C)(C)C1C(C(=O)N(O)Cc2ccc(Nc3ccc(N4CCC(C(F)(F)F)CC4)cc3)cc2)CN1C(=O)O. The molecule has 2 atom stereocenters. The van der Waals surface area contributed by atoms with Gasteiger partial charge in [-0.25, -0.2) is 9.86 Å². The van der Waals surface area contributed by atoms with Crippen LogP contribution in [-0.2, 0) is 11.3 Å². The van der Waals surface area contributed by atoms with Crippen molar-refractivity contribution >= 4 is 29.1 Å². The van der Waals surface area contributed by atoms with Gasteiger partial charge in [-0.05, 0) is 60.2 Å². The van der Waals surface area contributed by atoms with Gasteiger partial charge in [0.05, 0.1) is 24.4 Å². The summed E-state index contributed by atoms with van der Waals surface area (Å²) in [6, 6.07) is 14.2. The Bertz CT molecular complexity index is 1160. The Kier molecular flexibility index (Phi) is 8.02. The predicted molar refractivity (Wildman–Crippen MR) is 141 cm³/mol. The molecule has 39 heavy (non-hydrogen) atoms. The summed E-state index contributed by atoms with van der Waals surface area (Å²) in [6.45, 7) is 6.38. The van der Waals surface area contributed by atoms with Crippen molar-refractivity contribution in [2.75, 3.05) is 29.9 Å². The highest BCUT2D eigenvalue weighted by Crippen LogP contribution is 2.39. The van der Waals surface area contributed by atoms with Crippen molar-refractivity contribution in [2.24, 2.45) is 17.3 Å². The quantitative estimate of drug-likeness (QED) is 0.305. The largest absolute Gasteiger partial charge is 0.465 e. The van der Waals surface area contributed by atoms with E-state index in [0.29, 0.717) is 23.7 Å². The van der Waals surface area contributed by atoms with Gasteiger partial charge in [0, 0.05) is 36.7 Å². The van der Waals surface area contributed by atoms with Gasteiger partial charge < -0.3 is 20.2 Å². The lowest BCUT2D eigenvalue weighted by Gasteiger charge is -2.52. The van der Waals surface area contributed by atoms with Crippen LogP contribution >= 0.6 is 0 Å². The van der Waals surface area contributed by atoms with E-state index in [1.807, 2.05) is 62.1 Å². The minimum atomic E-state index is -4.13. The third kappa shape index (κ3) is 6.58. The molecule has 2 aliphatic heterocycles. The number of carbonyl (C=O) groups excluding carboxylic acids is 1. The van der Waals surface area contributed by atoms with Crippen LogP contribution in [0.2, 0.25) is 0 Å². The molecule has 2 aromatic carbocycles. The van der Waals surface area contributed by atoms with Gasteiger partial charge in [0.1, 0.15) is 0 Å². The highest BCUT2D eigenvalue weighted by Gasteiger charge is 2.52. The molecule has 8 nitrogen and oxygen atoms in total. The first kappa shape index (κ1) is 28.5. The van der Waals surface area contributed by atoms with Gasteiger partial charge in [-0.15, -0.1) is 0 Å². The summed E-state index contributed by atoms with van der Waals surface area (Å²) in [5.74, 6) is -2.34. The van der Waals surface area contributed by atoms with Crippen LogP contribution in [0.4, 0.5) is 35.0 Å². The number of carbonyl (C=O) groups is 2. The summed E-state index contributed by atoms with van der Waals surface area (Å²) in [6.07, 6.45) is -5.00. The third-order valence-electron chi connectivity index (χ3n) is 7.58. The van der Waals surface area contributed by atoms with Crippen molar-refractivity contribution in [1.29, 1.82) is 0 Å². The van der Waals surface area contributed by atoms with E-state index in [4.69, 9.17) is 0 Å². The van der Waals surface area contributed by atoms with Gasteiger partial charge in [0.15, 0.2) is 0 Å². The number of likely N-dealkylation sites (tertiary alicyclic amines) is 1. The zero-order valence-electron chi connectivity index (χ0n) is 22.3. The molecule has 3 N–H and O–H groups in total. The number of benzene rings is 2. The summed E-state index contributed by atoms with van der Waals surface area (Å²) < 4.78 is 38.7. The van der Waals surface area contributed by atoms with Gasteiger partial charge in [-0.3, -0.25) is 10.0 Å². The van der Waals surface area contributed by atoms with Gasteiger partial charge in [0.2, 0.25) is 0 Å². The maximum absolute atomic E-state index is 12.9. The number of carboxylic acid groups (broad SMARTS) is 1. The number of halogens is 3. The molecule has 2 amide bonds. The smallest absolute Gasteiger partial charge is 0.407 e. The van der Waals surface area contributed by atoms with Crippen LogP contribution in [0.5, 0.6) is 0 Å². The summed E-state index contributed by atoms with van der Waals surface area (Å²) in [7, 11) is 0. The van der Waals surface area contributed by atoms with E-state index in [1.54, 1.807) is 12.1 Å². The Morgan fingerprint density at radius 2 is 1.51 bits per heavy atom. The molecule has 11 heteroatoms. The minimum Gasteiger partial charge on any atom is -0.465 e. The molecule has 0 aliphatic carbocycles. The fourth-order valence-electron chi connectivity index (χ4n) is 5.51. The normalized spacial score (nSPS) is 20.4. The van der Waals surface area contributed by atoms with Gasteiger partial charge in [-0.1, -0.05) is 32.9 Å². The van der Waals surface area contributed by atoms with Crippen LogP contribution in [0.15, 0.2) is 48.5 Å². The van der Waals surface area contributed by atoms with Crippen LogP contribution in [0.1, 0.15) is 39.2 Å². The van der Waals surface area contributed by atoms with Gasteiger partial charge in [0.25, 0.3) is 5.91 Å². The van der Waals surface area contributed by atoms with E-state index in [-0.39, 0.29) is 25.9 Å². The first-order valence-electron chi connectivity index (χ1n) is 13.0. The molecule has 0 saturated carbocycles. The van der Waals surface area contributed by atoms with Crippen molar-refractivity contribution in [2.45, 2.75) is 52.4 Å². The van der Waals surface area contributed by atoms with Crippen LogP contribution < -0.4 is 10.2 Å². The molecule has 0 bridgehead atoms. The number of anilines is 3. The average molecular weight is 549 g/mol. The summed E-state index contributed by atoms with van der Waals surface area (Å²) >= 11 is 0. The monoisotopic (exact) mass is 548 g/mol. The maximum Gasteiger partial charge on any atom is 0.407 e. The second-order valence-electron chi connectivity index (χ2n) is 11.4. The van der Waals surface area contributed by atoms with Crippen LogP contribution in [0.3, 0.4) is 0 Å². The highest BCUT2D eigenvalue weighted by atomic mass is 19.4. The molecule has 2 fully saturated rings. The molecule has 2 unspecified atom stereocenters. The number of hydrogen-bond acceptors (Lipinski definition) is 5. The van der Waals surface area contributed by atoms with Crippen LogP contribution in [0, 0.1) is 17.3 Å². The highest BCUT2D eigenvalue weighted by molar-refractivity contribution is 5.82. The molecule has 0 spiro atoms. The Hall–Kier alpha value is -3.47. The number of piperidine rings is 1. The molecular formula is C28H35F3N4O4. The summed E-state index contributed by atoms with van der Waals surface area (Å²) in [4.78, 5) is 27.5. The van der Waals surface area contributed by atoms with Gasteiger partial charge >= 0.3 is 12.3 Å². The van der Waals surface area contributed by atoms with Crippen molar-refractivity contribution in [3.05, 3.63) is 54.1 Å². The maximum atomic E-state index is 12.9. The molecule has 4 rings (SSSR count). The molecule has 2 saturated heterocycles. The molecular weight excluding hydrogens is 513 g/mol. The first-order valence-corrected chi connectivity index (χ1v) is 13.0. The zero-order valence-corrected chi connectivity index (χ0v) is 22.3. The van der Waals surface area contributed by atoms with Gasteiger partial charge in [-0.2, -0.15) is 13.2 Å². The summed E-state index contributed by atoms with van der Waals surface area (Å²) in [5.41, 5.74) is 2.74. The lowest BCUT2D eigenvalue weighted by molar-refractivity contribution is -0.185. The number of hydroxylamine groups is 2. The topological polar surface area (TPSA) is 96.4 Å². The Morgan fingerprint density at radius 1 is 0.974 bits per heavy atom. The molecule has 2 aliphatic rings. The van der Waals surface area contributed by atoms with Crippen molar-refractivity contribution < 1.29 is 33.1 Å². The van der Waals surface area contributed by atoms with Crippen molar-refractivity contribution in [1.82, 2.24) is 9.96 Å². The molecule has 2 heterocycles. The number of alkyl halides is 3. The molecule has 2 aromatic rings. The second-order valence-corrected chi connectivity index (χ2v) is 11.4. The lowest BCUT2D eigenvalue weighted by Crippen LogP contribution is -2.67. The molecule has 0 radical (unpaired) electrons. The fraction of sp³-hybridized carbons (Fsp3) is 0.500. The zero-order chi connectivity index (χ0) is 28.5. The number of hydrogen-bond donors (Lipinski definition) is 3. The Morgan fingerprint density at radius 3 is 2.00 bits per heavy atom. The van der Waals surface area contributed by atoms with Crippen molar-refractivity contribution in [3.63, 3.8) is 0 Å². The number of nitrogens with zero attached hydrogens (tertiary/aromatic N) is 3. The van der Waals surface area contributed by atoms with Crippen molar-refractivity contribution in [3.8, 4) is 0 Å². The Labute approximate surface area is 226 Å². The van der Waals surface area contributed by atoms with E-state index < -0.39 is 41.5 Å². The number of rotatable bonds is 6. The number of nitrogens with one attached hydrogen (secondary N) is 1. The minimum absolute atomic E-state index is 0.0285. The van der Waals surface area contributed by atoms with Crippen LogP contribution in [-0.4, -0.2) is 64.1 Å². The third-order valence-corrected chi connectivity index (χ3v) is 7.58. The average Bonchev–Trinajstić information content (AvgIpc) is 2.83. The first-order chi connectivity index (χ1) is 18.2. The fourth-order valence-corrected chi connectivity index (χ4v) is 5.51.